The highest BCUT2D eigenvalue weighted by molar-refractivity contribution is 9.10. The van der Waals surface area contributed by atoms with E-state index in [1.54, 1.807) is 19.1 Å². The number of fused-ring (bicyclic) bond motifs is 1. The van der Waals surface area contributed by atoms with Gasteiger partial charge in [-0.1, -0.05) is 15.9 Å². The van der Waals surface area contributed by atoms with E-state index >= 15 is 0 Å². The van der Waals surface area contributed by atoms with E-state index in [1.165, 1.54) is 0 Å². The highest BCUT2D eigenvalue weighted by atomic mass is 79.9. The van der Waals surface area contributed by atoms with Crippen LogP contribution in [0.3, 0.4) is 0 Å². The molecule has 4 nitrogen and oxygen atoms in total. The van der Waals surface area contributed by atoms with E-state index in [0.717, 1.165) is 9.86 Å². The quantitative estimate of drug-likeness (QED) is 0.914. The highest BCUT2D eigenvalue weighted by Gasteiger charge is 2.12. The predicted octanol–water partition coefficient (Wildman–Crippen LogP) is 2.31. The summed E-state index contributed by atoms with van der Waals surface area (Å²) in [7, 11) is 0. The molecule has 1 amide bonds. The molecule has 90 valence electrons. The Morgan fingerprint density at radius 3 is 3.00 bits per heavy atom. The Balaban J connectivity index is 2.21. The molecule has 1 aromatic carbocycles. The molecule has 0 spiro atoms. The summed E-state index contributed by atoms with van der Waals surface area (Å²) in [5, 5.41) is 12.5. The van der Waals surface area contributed by atoms with Gasteiger partial charge in [-0.3, -0.25) is 4.79 Å². The zero-order valence-electron chi connectivity index (χ0n) is 9.24. The average molecular weight is 298 g/mol. The number of nitrogens with one attached hydrogen (secondary N) is 1. The van der Waals surface area contributed by atoms with Crippen molar-refractivity contribution in [2.45, 2.75) is 13.0 Å². The molecule has 0 saturated carbocycles. The number of carbonyl (C=O) groups is 1. The second-order valence-electron chi connectivity index (χ2n) is 3.85. The Bertz CT molecular complexity index is 548. The number of carbonyl (C=O) groups excluding carboxylic acids is 1. The number of aliphatic hydroxyl groups is 1. The maximum absolute atomic E-state index is 11.7. The molecule has 0 aliphatic heterocycles. The van der Waals surface area contributed by atoms with Crippen LogP contribution in [0.1, 0.15) is 17.5 Å². The van der Waals surface area contributed by atoms with Crippen molar-refractivity contribution in [2.75, 3.05) is 6.54 Å². The second kappa shape index (κ2) is 4.89. The van der Waals surface area contributed by atoms with Gasteiger partial charge in [-0.05, 0) is 31.2 Å². The number of benzene rings is 1. The summed E-state index contributed by atoms with van der Waals surface area (Å²) >= 11 is 3.33. The third-order valence-corrected chi connectivity index (χ3v) is 2.76. The molecule has 0 fully saturated rings. The largest absolute Gasteiger partial charge is 0.451 e. The Hall–Kier alpha value is -1.33. The smallest absolute Gasteiger partial charge is 0.287 e. The van der Waals surface area contributed by atoms with E-state index in [0.29, 0.717) is 5.58 Å². The van der Waals surface area contributed by atoms with E-state index in [2.05, 4.69) is 21.2 Å². The monoisotopic (exact) mass is 297 g/mol. The minimum absolute atomic E-state index is 0.208. The van der Waals surface area contributed by atoms with Crippen LogP contribution in [0.15, 0.2) is 33.2 Å². The summed E-state index contributed by atoms with van der Waals surface area (Å²) in [5.74, 6) is -0.0722. The molecule has 0 aliphatic rings. The van der Waals surface area contributed by atoms with Gasteiger partial charge in [-0.2, -0.15) is 0 Å². The van der Waals surface area contributed by atoms with Crippen molar-refractivity contribution in [3.8, 4) is 0 Å². The maximum Gasteiger partial charge on any atom is 0.287 e. The summed E-state index contributed by atoms with van der Waals surface area (Å²) in [6.07, 6.45) is -0.572. The van der Waals surface area contributed by atoms with E-state index < -0.39 is 6.10 Å². The first kappa shape index (κ1) is 12.1. The van der Waals surface area contributed by atoms with Gasteiger partial charge >= 0.3 is 0 Å². The topological polar surface area (TPSA) is 62.5 Å². The van der Waals surface area contributed by atoms with E-state index in [1.807, 2.05) is 12.1 Å². The van der Waals surface area contributed by atoms with Crippen LogP contribution in [0, 0.1) is 0 Å². The Labute approximate surface area is 107 Å². The summed E-state index contributed by atoms with van der Waals surface area (Å²) in [5.41, 5.74) is 0.654. The molecular weight excluding hydrogens is 286 g/mol. The molecule has 1 aromatic heterocycles. The average Bonchev–Trinajstić information content (AvgIpc) is 2.68. The van der Waals surface area contributed by atoms with Crippen molar-refractivity contribution in [3.63, 3.8) is 0 Å². The lowest BCUT2D eigenvalue weighted by molar-refractivity contribution is 0.0898. The van der Waals surface area contributed by atoms with Crippen molar-refractivity contribution in [3.05, 3.63) is 34.5 Å². The summed E-state index contributed by atoms with van der Waals surface area (Å²) < 4.78 is 6.32. The molecule has 0 saturated heterocycles. The van der Waals surface area contributed by atoms with Gasteiger partial charge < -0.3 is 14.8 Å². The first-order valence-electron chi connectivity index (χ1n) is 5.21. The van der Waals surface area contributed by atoms with Crippen LogP contribution in [0.4, 0.5) is 0 Å². The number of hydrogen-bond acceptors (Lipinski definition) is 3. The fourth-order valence-electron chi connectivity index (χ4n) is 1.44. The van der Waals surface area contributed by atoms with Crippen LogP contribution in [0.5, 0.6) is 0 Å². The van der Waals surface area contributed by atoms with Gasteiger partial charge in [0, 0.05) is 16.4 Å². The molecule has 0 radical (unpaired) electrons. The fraction of sp³-hybridized carbons (Fsp3) is 0.250. The van der Waals surface area contributed by atoms with Crippen molar-refractivity contribution in [1.29, 1.82) is 0 Å². The Morgan fingerprint density at radius 1 is 1.53 bits per heavy atom. The van der Waals surface area contributed by atoms with Crippen molar-refractivity contribution < 1.29 is 14.3 Å². The van der Waals surface area contributed by atoms with Crippen LogP contribution in [0.25, 0.3) is 11.0 Å². The molecule has 2 rings (SSSR count). The normalized spacial score (nSPS) is 12.6. The van der Waals surface area contributed by atoms with Gasteiger partial charge in [-0.15, -0.1) is 0 Å². The van der Waals surface area contributed by atoms with Gasteiger partial charge in [0.2, 0.25) is 0 Å². The third-order valence-electron chi connectivity index (χ3n) is 2.26. The molecule has 5 heteroatoms. The molecule has 1 heterocycles. The fourth-order valence-corrected chi connectivity index (χ4v) is 1.78. The minimum Gasteiger partial charge on any atom is -0.451 e. The predicted molar refractivity (Wildman–Crippen MR) is 67.9 cm³/mol. The van der Waals surface area contributed by atoms with Crippen molar-refractivity contribution in [1.82, 2.24) is 5.32 Å². The minimum atomic E-state index is -0.572. The first-order valence-corrected chi connectivity index (χ1v) is 6.01. The summed E-state index contributed by atoms with van der Waals surface area (Å²) in [4.78, 5) is 11.7. The molecule has 2 aromatic rings. The molecule has 0 bridgehead atoms. The molecule has 1 unspecified atom stereocenters. The number of aliphatic hydroxyl groups excluding tert-OH is 1. The lowest BCUT2D eigenvalue weighted by Crippen LogP contribution is -2.30. The molecular formula is C12H12BrNO3. The number of hydrogen-bond donors (Lipinski definition) is 2. The number of halogens is 1. The van der Waals surface area contributed by atoms with E-state index in [4.69, 9.17) is 9.52 Å². The zero-order chi connectivity index (χ0) is 12.4. The third kappa shape index (κ3) is 2.87. The lowest BCUT2D eigenvalue weighted by atomic mass is 10.2. The molecule has 1 atom stereocenters. The standard InChI is InChI=1S/C12H12BrNO3/c1-7(15)6-14-12(16)11-4-8-2-3-9(13)5-10(8)17-11/h2-5,7,15H,6H2,1H3,(H,14,16). The lowest BCUT2D eigenvalue weighted by Gasteiger charge is -2.04. The van der Waals surface area contributed by atoms with Crippen LogP contribution >= 0.6 is 15.9 Å². The van der Waals surface area contributed by atoms with Crippen LogP contribution in [-0.4, -0.2) is 23.7 Å². The van der Waals surface area contributed by atoms with E-state index in [9.17, 15) is 4.79 Å². The molecule has 0 aliphatic carbocycles. The first-order chi connectivity index (χ1) is 8.06. The Kier molecular flexibility index (Phi) is 3.49. The Morgan fingerprint density at radius 2 is 2.29 bits per heavy atom. The zero-order valence-corrected chi connectivity index (χ0v) is 10.8. The summed E-state index contributed by atoms with van der Waals surface area (Å²) in [6.45, 7) is 1.82. The van der Waals surface area contributed by atoms with Crippen LogP contribution in [-0.2, 0) is 0 Å². The number of rotatable bonds is 3. The summed E-state index contributed by atoms with van der Waals surface area (Å²) in [6, 6.07) is 7.24. The maximum atomic E-state index is 11.7. The second-order valence-corrected chi connectivity index (χ2v) is 4.77. The SMILES string of the molecule is CC(O)CNC(=O)c1cc2ccc(Br)cc2o1. The number of furan rings is 1. The van der Waals surface area contributed by atoms with Gasteiger partial charge in [0.1, 0.15) is 5.58 Å². The highest BCUT2D eigenvalue weighted by Crippen LogP contribution is 2.23. The van der Waals surface area contributed by atoms with Gasteiger partial charge in [0.15, 0.2) is 5.76 Å². The van der Waals surface area contributed by atoms with E-state index in [-0.39, 0.29) is 18.2 Å². The van der Waals surface area contributed by atoms with Gasteiger partial charge in [-0.25, -0.2) is 0 Å². The van der Waals surface area contributed by atoms with Crippen LogP contribution < -0.4 is 5.32 Å². The van der Waals surface area contributed by atoms with Crippen molar-refractivity contribution in [2.24, 2.45) is 0 Å². The van der Waals surface area contributed by atoms with Gasteiger partial charge in [0.25, 0.3) is 5.91 Å². The van der Waals surface area contributed by atoms with Crippen LogP contribution in [0.2, 0.25) is 0 Å². The molecule has 2 N–H and O–H groups in total. The molecule has 17 heavy (non-hydrogen) atoms. The van der Waals surface area contributed by atoms with Crippen molar-refractivity contribution >= 4 is 32.8 Å². The van der Waals surface area contributed by atoms with Gasteiger partial charge in [0.05, 0.1) is 6.10 Å². The number of amides is 1.